The standard InChI is InChI=1S/C14H21ClO3/c1-3-4-7-17-8-9-18-14-6-5-13(16-2)10-12(14)11-15/h5-6,10H,3-4,7-9,11H2,1-2H3. The molecule has 0 aliphatic rings. The fourth-order valence-electron chi connectivity index (χ4n) is 1.49. The fourth-order valence-corrected chi connectivity index (χ4v) is 1.70. The maximum atomic E-state index is 5.88. The van der Waals surface area contributed by atoms with E-state index >= 15 is 0 Å². The van der Waals surface area contributed by atoms with Crippen LogP contribution >= 0.6 is 11.6 Å². The summed E-state index contributed by atoms with van der Waals surface area (Å²) in [5.41, 5.74) is 0.935. The third kappa shape index (κ3) is 5.15. The minimum absolute atomic E-state index is 0.406. The van der Waals surface area contributed by atoms with Crippen LogP contribution in [-0.4, -0.2) is 26.9 Å². The summed E-state index contributed by atoms with van der Waals surface area (Å²) in [6.07, 6.45) is 2.24. The first-order valence-corrected chi connectivity index (χ1v) is 6.78. The van der Waals surface area contributed by atoms with Gasteiger partial charge in [0.15, 0.2) is 0 Å². The van der Waals surface area contributed by atoms with Crippen molar-refractivity contribution in [3.8, 4) is 11.5 Å². The van der Waals surface area contributed by atoms with Gasteiger partial charge in [0.1, 0.15) is 18.1 Å². The fraction of sp³-hybridized carbons (Fsp3) is 0.571. The van der Waals surface area contributed by atoms with Crippen molar-refractivity contribution in [3.63, 3.8) is 0 Å². The summed E-state index contributed by atoms with van der Waals surface area (Å²) in [6.45, 7) is 4.09. The second kappa shape index (κ2) is 9.06. The summed E-state index contributed by atoms with van der Waals surface area (Å²) in [5, 5.41) is 0. The number of alkyl halides is 1. The van der Waals surface area contributed by atoms with Crippen molar-refractivity contribution in [1.82, 2.24) is 0 Å². The molecule has 0 bridgehead atoms. The minimum Gasteiger partial charge on any atom is -0.497 e. The van der Waals surface area contributed by atoms with Gasteiger partial charge < -0.3 is 14.2 Å². The molecule has 0 saturated carbocycles. The van der Waals surface area contributed by atoms with Gasteiger partial charge in [-0.05, 0) is 24.6 Å². The van der Waals surface area contributed by atoms with E-state index in [9.17, 15) is 0 Å². The molecule has 0 aromatic heterocycles. The molecule has 4 heteroatoms. The van der Waals surface area contributed by atoms with Crippen LogP contribution in [0.2, 0.25) is 0 Å². The zero-order chi connectivity index (χ0) is 13.2. The van der Waals surface area contributed by atoms with E-state index in [1.807, 2.05) is 18.2 Å². The third-order valence-corrected chi connectivity index (χ3v) is 2.83. The molecule has 0 amide bonds. The number of ether oxygens (including phenoxy) is 3. The van der Waals surface area contributed by atoms with E-state index in [4.69, 9.17) is 25.8 Å². The van der Waals surface area contributed by atoms with E-state index in [0.717, 1.165) is 36.5 Å². The molecule has 0 aliphatic heterocycles. The maximum absolute atomic E-state index is 5.88. The summed E-state index contributed by atoms with van der Waals surface area (Å²) < 4.78 is 16.2. The van der Waals surface area contributed by atoms with Crippen LogP contribution in [0.25, 0.3) is 0 Å². The Bertz CT molecular complexity index is 342. The number of methoxy groups -OCH3 is 1. The Kier molecular flexibility index (Phi) is 7.62. The van der Waals surface area contributed by atoms with Crippen molar-refractivity contribution in [3.05, 3.63) is 23.8 Å². The molecule has 1 aromatic rings. The van der Waals surface area contributed by atoms with Crippen molar-refractivity contribution >= 4 is 11.6 Å². The van der Waals surface area contributed by atoms with Gasteiger partial charge in [0.2, 0.25) is 0 Å². The molecule has 0 unspecified atom stereocenters. The maximum Gasteiger partial charge on any atom is 0.124 e. The van der Waals surface area contributed by atoms with Gasteiger partial charge in [0.25, 0.3) is 0 Å². The van der Waals surface area contributed by atoms with E-state index in [0.29, 0.717) is 19.1 Å². The van der Waals surface area contributed by atoms with Crippen molar-refractivity contribution in [2.24, 2.45) is 0 Å². The van der Waals surface area contributed by atoms with Crippen LogP contribution in [0.3, 0.4) is 0 Å². The lowest BCUT2D eigenvalue weighted by molar-refractivity contribution is 0.0978. The second-order valence-corrected chi connectivity index (χ2v) is 4.19. The van der Waals surface area contributed by atoms with Crippen molar-refractivity contribution in [1.29, 1.82) is 0 Å². The molecular weight excluding hydrogens is 252 g/mol. The van der Waals surface area contributed by atoms with Gasteiger partial charge in [-0.3, -0.25) is 0 Å². The van der Waals surface area contributed by atoms with E-state index in [2.05, 4.69) is 6.92 Å². The highest BCUT2D eigenvalue weighted by Crippen LogP contribution is 2.25. The van der Waals surface area contributed by atoms with E-state index in [1.165, 1.54) is 0 Å². The summed E-state index contributed by atoms with van der Waals surface area (Å²) in [4.78, 5) is 0. The average molecular weight is 273 g/mol. The molecule has 1 rings (SSSR count). The molecule has 3 nitrogen and oxygen atoms in total. The van der Waals surface area contributed by atoms with Gasteiger partial charge in [-0.25, -0.2) is 0 Å². The Balaban J connectivity index is 2.37. The second-order valence-electron chi connectivity index (χ2n) is 3.92. The number of unbranched alkanes of at least 4 members (excludes halogenated alkanes) is 1. The van der Waals surface area contributed by atoms with Crippen molar-refractivity contribution in [2.75, 3.05) is 26.9 Å². The van der Waals surface area contributed by atoms with Crippen LogP contribution in [0, 0.1) is 0 Å². The zero-order valence-electron chi connectivity index (χ0n) is 11.1. The Morgan fingerprint density at radius 2 is 2.00 bits per heavy atom. The quantitative estimate of drug-likeness (QED) is 0.507. The molecule has 0 saturated heterocycles. The lowest BCUT2D eigenvalue weighted by Gasteiger charge is -2.11. The topological polar surface area (TPSA) is 27.7 Å². The minimum atomic E-state index is 0.406. The first-order valence-electron chi connectivity index (χ1n) is 6.25. The lowest BCUT2D eigenvalue weighted by atomic mass is 10.2. The highest BCUT2D eigenvalue weighted by molar-refractivity contribution is 6.17. The Morgan fingerprint density at radius 1 is 1.17 bits per heavy atom. The smallest absolute Gasteiger partial charge is 0.124 e. The van der Waals surface area contributed by atoms with Gasteiger partial charge in [0, 0.05) is 12.2 Å². The predicted octanol–water partition coefficient (Wildman–Crippen LogP) is 3.63. The van der Waals surface area contributed by atoms with Crippen LogP contribution in [0.1, 0.15) is 25.3 Å². The summed E-state index contributed by atoms with van der Waals surface area (Å²) in [7, 11) is 1.63. The van der Waals surface area contributed by atoms with E-state index in [1.54, 1.807) is 7.11 Å². The highest BCUT2D eigenvalue weighted by atomic mass is 35.5. The monoisotopic (exact) mass is 272 g/mol. The van der Waals surface area contributed by atoms with Crippen LogP contribution in [0.4, 0.5) is 0 Å². The number of benzene rings is 1. The molecule has 0 N–H and O–H groups in total. The SMILES string of the molecule is CCCCOCCOc1ccc(OC)cc1CCl. The number of hydrogen-bond acceptors (Lipinski definition) is 3. The highest BCUT2D eigenvalue weighted by Gasteiger charge is 2.04. The molecule has 0 atom stereocenters. The van der Waals surface area contributed by atoms with Gasteiger partial charge in [-0.1, -0.05) is 13.3 Å². The van der Waals surface area contributed by atoms with Crippen molar-refractivity contribution < 1.29 is 14.2 Å². The largest absolute Gasteiger partial charge is 0.497 e. The first-order chi connectivity index (χ1) is 8.81. The Morgan fingerprint density at radius 3 is 2.67 bits per heavy atom. The van der Waals surface area contributed by atoms with Gasteiger partial charge in [-0.15, -0.1) is 11.6 Å². The Hall–Kier alpha value is -0.930. The summed E-state index contributed by atoms with van der Waals surface area (Å²) in [6, 6.07) is 5.63. The number of rotatable bonds is 9. The number of halogens is 1. The normalized spacial score (nSPS) is 10.4. The molecule has 0 heterocycles. The van der Waals surface area contributed by atoms with Gasteiger partial charge in [-0.2, -0.15) is 0 Å². The molecule has 0 fully saturated rings. The summed E-state index contributed by atoms with van der Waals surface area (Å²) in [5.74, 6) is 1.99. The first kappa shape index (κ1) is 15.1. The predicted molar refractivity (Wildman–Crippen MR) is 73.8 cm³/mol. The van der Waals surface area contributed by atoms with Crippen LogP contribution in [0.5, 0.6) is 11.5 Å². The Labute approximate surface area is 114 Å². The average Bonchev–Trinajstić information content (AvgIpc) is 2.42. The van der Waals surface area contributed by atoms with Crippen LogP contribution < -0.4 is 9.47 Å². The zero-order valence-corrected chi connectivity index (χ0v) is 11.8. The van der Waals surface area contributed by atoms with Crippen LogP contribution in [-0.2, 0) is 10.6 Å². The number of hydrogen-bond donors (Lipinski definition) is 0. The molecular formula is C14H21ClO3. The third-order valence-electron chi connectivity index (χ3n) is 2.54. The molecule has 18 heavy (non-hydrogen) atoms. The molecule has 1 aromatic carbocycles. The van der Waals surface area contributed by atoms with E-state index < -0.39 is 0 Å². The molecule has 0 aliphatic carbocycles. The lowest BCUT2D eigenvalue weighted by Crippen LogP contribution is -2.08. The summed E-state index contributed by atoms with van der Waals surface area (Å²) >= 11 is 5.88. The van der Waals surface area contributed by atoms with Gasteiger partial charge >= 0.3 is 0 Å². The van der Waals surface area contributed by atoms with Crippen LogP contribution in [0.15, 0.2) is 18.2 Å². The molecule has 0 radical (unpaired) electrons. The van der Waals surface area contributed by atoms with Gasteiger partial charge in [0.05, 0.1) is 19.6 Å². The molecule has 102 valence electrons. The van der Waals surface area contributed by atoms with E-state index in [-0.39, 0.29) is 0 Å². The molecule has 0 spiro atoms. The van der Waals surface area contributed by atoms with Crippen molar-refractivity contribution in [2.45, 2.75) is 25.6 Å².